The number of amides is 1. The summed E-state index contributed by atoms with van der Waals surface area (Å²) in [6.07, 6.45) is 3.09. The molecule has 1 amide bonds. The minimum absolute atomic E-state index is 0.283. The second kappa shape index (κ2) is 8.67. The third kappa shape index (κ3) is 5.35. The first kappa shape index (κ1) is 17.5. The van der Waals surface area contributed by atoms with E-state index in [2.05, 4.69) is 10.3 Å². The van der Waals surface area contributed by atoms with Gasteiger partial charge in [-0.15, -0.1) is 11.3 Å². The van der Waals surface area contributed by atoms with E-state index in [9.17, 15) is 4.79 Å². The third-order valence-corrected chi connectivity index (χ3v) is 3.89. The van der Waals surface area contributed by atoms with Gasteiger partial charge in [0, 0.05) is 18.6 Å². The number of nitrogens with one attached hydrogen (secondary N) is 1. The van der Waals surface area contributed by atoms with Crippen molar-refractivity contribution in [1.82, 2.24) is 4.98 Å². The van der Waals surface area contributed by atoms with Crippen molar-refractivity contribution >= 4 is 40.6 Å². The lowest BCUT2D eigenvalue weighted by atomic mass is 10.3. The van der Waals surface area contributed by atoms with Crippen LogP contribution < -0.4 is 10.1 Å². The van der Waals surface area contributed by atoms with E-state index in [0.717, 1.165) is 10.7 Å². The minimum atomic E-state index is -0.283. The summed E-state index contributed by atoms with van der Waals surface area (Å²) in [6.45, 7) is 2.69. The van der Waals surface area contributed by atoms with Crippen LogP contribution in [0.2, 0.25) is 5.02 Å². The van der Waals surface area contributed by atoms with Gasteiger partial charge in [0.15, 0.2) is 5.75 Å². The van der Waals surface area contributed by atoms with E-state index in [-0.39, 0.29) is 5.91 Å². The lowest BCUT2D eigenvalue weighted by molar-refractivity contribution is -0.111. The van der Waals surface area contributed by atoms with E-state index < -0.39 is 0 Å². The lowest BCUT2D eigenvalue weighted by Crippen LogP contribution is -2.11. The molecule has 0 aliphatic carbocycles. The number of aryl methyl sites for hydroxylation is 1. The van der Waals surface area contributed by atoms with Crippen LogP contribution in [0.1, 0.15) is 10.7 Å². The number of halogens is 1. The fourth-order valence-corrected chi connectivity index (χ4v) is 2.58. The molecule has 0 saturated carbocycles. The zero-order valence-corrected chi connectivity index (χ0v) is 14.4. The van der Waals surface area contributed by atoms with Gasteiger partial charge in [0.1, 0.15) is 6.61 Å². The molecule has 0 fully saturated rings. The molecule has 0 bridgehead atoms. The van der Waals surface area contributed by atoms with Crippen molar-refractivity contribution in [3.8, 4) is 5.75 Å². The zero-order valence-electron chi connectivity index (χ0n) is 12.8. The summed E-state index contributed by atoms with van der Waals surface area (Å²) < 4.78 is 10.5. The first-order chi connectivity index (χ1) is 11.1. The number of para-hydroxylation sites is 1. The maximum atomic E-state index is 12.0. The van der Waals surface area contributed by atoms with Crippen molar-refractivity contribution in [2.24, 2.45) is 0 Å². The van der Waals surface area contributed by atoms with E-state index in [1.807, 2.05) is 12.3 Å². The molecule has 1 aromatic heterocycles. The molecule has 0 saturated heterocycles. The molecule has 1 N–H and O–H groups in total. The Kier molecular flexibility index (Phi) is 6.58. The Morgan fingerprint density at radius 3 is 2.96 bits per heavy atom. The summed E-state index contributed by atoms with van der Waals surface area (Å²) in [5, 5.41) is 6.02. The number of benzene rings is 1. The fraction of sp³-hybridized carbons (Fsp3) is 0.250. The minimum Gasteiger partial charge on any atom is -0.487 e. The summed E-state index contributed by atoms with van der Waals surface area (Å²) in [7, 11) is 1.59. The van der Waals surface area contributed by atoms with Crippen LogP contribution in [0.4, 0.5) is 5.69 Å². The van der Waals surface area contributed by atoms with Gasteiger partial charge in [-0.3, -0.25) is 4.79 Å². The Morgan fingerprint density at radius 1 is 1.43 bits per heavy atom. The number of hydrogen-bond donors (Lipinski definition) is 1. The summed E-state index contributed by atoms with van der Waals surface area (Å²) in [5.41, 5.74) is 1.27. The number of carbonyl (C=O) groups excluding carboxylic acids is 1. The van der Waals surface area contributed by atoms with Gasteiger partial charge >= 0.3 is 0 Å². The summed E-state index contributed by atoms with van der Waals surface area (Å²) in [4.78, 5) is 16.3. The van der Waals surface area contributed by atoms with Gasteiger partial charge in [0.05, 0.1) is 28.0 Å². The number of anilines is 1. The molecule has 1 aromatic carbocycles. The molecule has 7 heteroatoms. The van der Waals surface area contributed by atoms with Gasteiger partial charge in [0.2, 0.25) is 5.91 Å². The third-order valence-electron chi connectivity index (χ3n) is 2.80. The number of thiazole rings is 1. The normalized spacial score (nSPS) is 10.9. The molecule has 2 aromatic rings. The highest BCUT2D eigenvalue weighted by Gasteiger charge is 2.10. The highest BCUT2D eigenvalue weighted by Crippen LogP contribution is 2.32. The standard InChI is InChI=1S/C16H17ClN2O3S/c1-11-18-12(10-23-11)6-7-15(20)19-14-5-3-4-13(17)16(14)22-9-8-21-2/h3-7,10H,8-9H2,1-2H3,(H,19,20)/b7-6+. The Morgan fingerprint density at radius 2 is 2.26 bits per heavy atom. The molecule has 23 heavy (non-hydrogen) atoms. The molecular weight excluding hydrogens is 336 g/mol. The van der Waals surface area contributed by atoms with Gasteiger partial charge in [0.25, 0.3) is 0 Å². The number of ether oxygens (including phenoxy) is 2. The topological polar surface area (TPSA) is 60.5 Å². The zero-order chi connectivity index (χ0) is 16.7. The molecule has 0 spiro atoms. The molecule has 0 aliphatic heterocycles. The number of hydrogen-bond acceptors (Lipinski definition) is 5. The fourth-order valence-electron chi connectivity index (χ4n) is 1.77. The number of methoxy groups -OCH3 is 1. The van der Waals surface area contributed by atoms with Crippen molar-refractivity contribution < 1.29 is 14.3 Å². The maximum Gasteiger partial charge on any atom is 0.248 e. The number of carbonyl (C=O) groups is 1. The molecule has 0 unspecified atom stereocenters. The van der Waals surface area contributed by atoms with Crippen LogP contribution in [-0.4, -0.2) is 31.2 Å². The van der Waals surface area contributed by atoms with Gasteiger partial charge in [-0.25, -0.2) is 4.98 Å². The van der Waals surface area contributed by atoms with Crippen molar-refractivity contribution in [3.63, 3.8) is 0 Å². The van der Waals surface area contributed by atoms with E-state index >= 15 is 0 Å². The van der Waals surface area contributed by atoms with Crippen LogP contribution in [0.15, 0.2) is 29.7 Å². The molecule has 122 valence electrons. The van der Waals surface area contributed by atoms with Crippen LogP contribution in [0.25, 0.3) is 6.08 Å². The Balaban J connectivity index is 2.05. The SMILES string of the molecule is COCCOc1c(Cl)cccc1NC(=O)/C=C/c1csc(C)n1. The van der Waals surface area contributed by atoms with Gasteiger partial charge in [-0.05, 0) is 25.1 Å². The van der Waals surface area contributed by atoms with Crippen LogP contribution >= 0.6 is 22.9 Å². The average Bonchev–Trinajstić information content (AvgIpc) is 2.94. The van der Waals surface area contributed by atoms with Crippen LogP contribution in [0, 0.1) is 6.92 Å². The van der Waals surface area contributed by atoms with Gasteiger partial charge in [-0.1, -0.05) is 17.7 Å². The van der Waals surface area contributed by atoms with Crippen LogP contribution in [0.5, 0.6) is 5.75 Å². The highest BCUT2D eigenvalue weighted by molar-refractivity contribution is 7.09. The quantitative estimate of drug-likeness (QED) is 0.608. The smallest absolute Gasteiger partial charge is 0.248 e. The lowest BCUT2D eigenvalue weighted by Gasteiger charge is -2.13. The largest absolute Gasteiger partial charge is 0.487 e. The average molecular weight is 353 g/mol. The van der Waals surface area contributed by atoms with Crippen molar-refractivity contribution in [1.29, 1.82) is 0 Å². The summed E-state index contributed by atoms with van der Waals surface area (Å²) in [6, 6.07) is 5.18. The molecule has 5 nitrogen and oxygen atoms in total. The van der Waals surface area contributed by atoms with E-state index in [0.29, 0.717) is 29.7 Å². The van der Waals surface area contributed by atoms with Crippen molar-refractivity contribution in [2.75, 3.05) is 25.6 Å². The number of rotatable bonds is 7. The first-order valence-corrected chi connectivity index (χ1v) is 8.17. The van der Waals surface area contributed by atoms with E-state index in [1.165, 1.54) is 17.4 Å². The predicted molar refractivity (Wildman–Crippen MR) is 93.3 cm³/mol. The molecule has 2 rings (SSSR count). The van der Waals surface area contributed by atoms with Crippen LogP contribution in [-0.2, 0) is 9.53 Å². The van der Waals surface area contributed by atoms with Gasteiger partial charge < -0.3 is 14.8 Å². The molecular formula is C16H17ClN2O3S. The second-order valence-electron chi connectivity index (χ2n) is 4.57. The number of aromatic nitrogens is 1. The van der Waals surface area contributed by atoms with Gasteiger partial charge in [-0.2, -0.15) is 0 Å². The van der Waals surface area contributed by atoms with Crippen molar-refractivity contribution in [3.05, 3.63) is 45.4 Å². The Bertz CT molecular complexity index is 700. The molecule has 0 radical (unpaired) electrons. The Labute approximate surface area is 143 Å². The van der Waals surface area contributed by atoms with Crippen molar-refractivity contribution in [2.45, 2.75) is 6.92 Å². The Hall–Kier alpha value is -1.89. The first-order valence-electron chi connectivity index (χ1n) is 6.91. The van der Waals surface area contributed by atoms with E-state index in [4.69, 9.17) is 21.1 Å². The summed E-state index contributed by atoms with van der Waals surface area (Å²) >= 11 is 7.66. The molecule has 1 heterocycles. The predicted octanol–water partition coefficient (Wildman–Crippen LogP) is 3.78. The summed E-state index contributed by atoms with van der Waals surface area (Å²) in [5.74, 6) is 0.145. The molecule has 0 aliphatic rings. The number of nitrogens with zero attached hydrogens (tertiary/aromatic N) is 1. The monoisotopic (exact) mass is 352 g/mol. The molecule has 0 atom stereocenters. The van der Waals surface area contributed by atoms with E-state index in [1.54, 1.807) is 31.4 Å². The van der Waals surface area contributed by atoms with Crippen LogP contribution in [0.3, 0.4) is 0 Å². The highest BCUT2D eigenvalue weighted by atomic mass is 35.5. The second-order valence-corrected chi connectivity index (χ2v) is 6.04. The maximum absolute atomic E-state index is 12.0.